The SMILES string of the molecule is Cc1ccc(Nc2cnnc(Nc3cccc(Cl)c3)n2)cc1C. The lowest BCUT2D eigenvalue weighted by atomic mass is 10.1. The van der Waals surface area contributed by atoms with E-state index in [0.717, 1.165) is 11.4 Å². The summed E-state index contributed by atoms with van der Waals surface area (Å²) in [6, 6.07) is 13.5. The fourth-order valence-corrected chi connectivity index (χ4v) is 2.27. The summed E-state index contributed by atoms with van der Waals surface area (Å²) in [6.07, 6.45) is 1.58. The number of aryl methyl sites for hydroxylation is 2. The molecule has 0 radical (unpaired) electrons. The molecule has 5 nitrogen and oxygen atoms in total. The van der Waals surface area contributed by atoms with Gasteiger partial charge in [0.15, 0.2) is 5.82 Å². The zero-order valence-corrected chi connectivity index (χ0v) is 13.6. The Morgan fingerprint density at radius 2 is 1.74 bits per heavy atom. The molecular formula is C17H16ClN5. The van der Waals surface area contributed by atoms with E-state index in [-0.39, 0.29) is 0 Å². The lowest BCUT2D eigenvalue weighted by Crippen LogP contribution is -2.02. The minimum absolute atomic E-state index is 0.404. The molecule has 0 bridgehead atoms. The van der Waals surface area contributed by atoms with Crippen LogP contribution in [0.2, 0.25) is 5.02 Å². The van der Waals surface area contributed by atoms with E-state index in [2.05, 4.69) is 51.8 Å². The van der Waals surface area contributed by atoms with Crippen molar-refractivity contribution < 1.29 is 0 Å². The smallest absolute Gasteiger partial charge is 0.249 e. The maximum atomic E-state index is 5.97. The van der Waals surface area contributed by atoms with E-state index in [1.165, 1.54) is 11.1 Å². The van der Waals surface area contributed by atoms with Crippen LogP contribution in [0.1, 0.15) is 11.1 Å². The highest BCUT2D eigenvalue weighted by Crippen LogP contribution is 2.20. The average Bonchev–Trinajstić information content (AvgIpc) is 2.51. The van der Waals surface area contributed by atoms with E-state index < -0.39 is 0 Å². The van der Waals surface area contributed by atoms with Gasteiger partial charge < -0.3 is 10.6 Å². The Morgan fingerprint density at radius 3 is 2.52 bits per heavy atom. The number of aromatic nitrogens is 3. The highest BCUT2D eigenvalue weighted by molar-refractivity contribution is 6.30. The third kappa shape index (κ3) is 3.96. The first kappa shape index (κ1) is 15.2. The second-order valence-corrected chi connectivity index (χ2v) is 5.66. The molecule has 1 heterocycles. The molecule has 0 aliphatic carbocycles. The monoisotopic (exact) mass is 325 g/mol. The molecule has 3 rings (SSSR count). The van der Waals surface area contributed by atoms with Crippen LogP contribution >= 0.6 is 11.6 Å². The van der Waals surface area contributed by atoms with Crippen LogP contribution in [0.15, 0.2) is 48.7 Å². The highest BCUT2D eigenvalue weighted by Gasteiger charge is 2.03. The summed E-state index contributed by atoms with van der Waals surface area (Å²) in [5, 5.41) is 14.9. The molecule has 0 fully saturated rings. The van der Waals surface area contributed by atoms with Crippen LogP contribution in [-0.2, 0) is 0 Å². The summed E-state index contributed by atoms with van der Waals surface area (Å²) in [4.78, 5) is 4.41. The normalized spacial score (nSPS) is 10.4. The Morgan fingerprint density at radius 1 is 0.913 bits per heavy atom. The van der Waals surface area contributed by atoms with Crippen molar-refractivity contribution in [3.63, 3.8) is 0 Å². The van der Waals surface area contributed by atoms with Crippen molar-refractivity contribution >= 4 is 34.7 Å². The number of rotatable bonds is 4. The van der Waals surface area contributed by atoms with Crippen LogP contribution in [0.4, 0.5) is 23.1 Å². The molecule has 0 aliphatic heterocycles. The van der Waals surface area contributed by atoms with E-state index in [1.807, 2.05) is 24.3 Å². The van der Waals surface area contributed by atoms with Gasteiger partial charge in [0.1, 0.15) is 0 Å². The van der Waals surface area contributed by atoms with Crippen molar-refractivity contribution in [1.29, 1.82) is 0 Å². The first-order chi connectivity index (χ1) is 11.1. The lowest BCUT2D eigenvalue weighted by Gasteiger charge is -2.09. The van der Waals surface area contributed by atoms with Gasteiger partial charge in [0.05, 0.1) is 6.20 Å². The molecule has 0 aliphatic rings. The van der Waals surface area contributed by atoms with Gasteiger partial charge in [-0.1, -0.05) is 23.7 Å². The third-order valence-electron chi connectivity index (χ3n) is 3.42. The van der Waals surface area contributed by atoms with Crippen molar-refractivity contribution in [2.45, 2.75) is 13.8 Å². The van der Waals surface area contributed by atoms with E-state index in [1.54, 1.807) is 12.3 Å². The predicted octanol–water partition coefficient (Wildman–Crippen LogP) is 4.63. The Hall–Kier alpha value is -2.66. The minimum Gasteiger partial charge on any atom is -0.339 e. The van der Waals surface area contributed by atoms with Gasteiger partial charge in [-0.15, -0.1) is 5.10 Å². The quantitative estimate of drug-likeness (QED) is 0.732. The number of nitrogens with one attached hydrogen (secondary N) is 2. The first-order valence-corrected chi connectivity index (χ1v) is 7.54. The molecule has 0 amide bonds. The van der Waals surface area contributed by atoms with Crippen LogP contribution in [-0.4, -0.2) is 15.2 Å². The Labute approximate surface area is 139 Å². The molecule has 0 atom stereocenters. The number of anilines is 4. The molecule has 2 aromatic carbocycles. The Balaban J connectivity index is 1.78. The number of hydrogen-bond donors (Lipinski definition) is 2. The molecule has 2 N–H and O–H groups in total. The van der Waals surface area contributed by atoms with Gasteiger partial charge in [-0.25, -0.2) is 0 Å². The van der Waals surface area contributed by atoms with Gasteiger partial charge in [0.25, 0.3) is 0 Å². The summed E-state index contributed by atoms with van der Waals surface area (Å²) in [6.45, 7) is 4.16. The van der Waals surface area contributed by atoms with E-state index in [4.69, 9.17) is 11.6 Å². The van der Waals surface area contributed by atoms with E-state index in [9.17, 15) is 0 Å². The summed E-state index contributed by atoms with van der Waals surface area (Å²) in [5.41, 5.74) is 4.24. The van der Waals surface area contributed by atoms with E-state index in [0.29, 0.717) is 16.8 Å². The maximum Gasteiger partial charge on any atom is 0.249 e. The molecular weight excluding hydrogens is 310 g/mol. The largest absolute Gasteiger partial charge is 0.339 e. The van der Waals surface area contributed by atoms with Crippen molar-refractivity contribution in [2.75, 3.05) is 10.6 Å². The summed E-state index contributed by atoms with van der Waals surface area (Å²) in [5.74, 6) is 1.02. The van der Waals surface area contributed by atoms with Crippen molar-refractivity contribution in [1.82, 2.24) is 15.2 Å². The first-order valence-electron chi connectivity index (χ1n) is 7.17. The van der Waals surface area contributed by atoms with Crippen LogP contribution in [0.3, 0.4) is 0 Å². The third-order valence-corrected chi connectivity index (χ3v) is 3.65. The van der Waals surface area contributed by atoms with Gasteiger partial charge in [0.2, 0.25) is 5.95 Å². The maximum absolute atomic E-state index is 5.97. The lowest BCUT2D eigenvalue weighted by molar-refractivity contribution is 0.982. The molecule has 3 aromatic rings. The van der Waals surface area contributed by atoms with Crippen LogP contribution in [0, 0.1) is 13.8 Å². The average molecular weight is 326 g/mol. The van der Waals surface area contributed by atoms with Crippen LogP contribution < -0.4 is 10.6 Å². The van der Waals surface area contributed by atoms with Gasteiger partial charge in [-0.2, -0.15) is 10.1 Å². The Bertz CT molecular complexity index is 835. The number of hydrogen-bond acceptors (Lipinski definition) is 5. The fourth-order valence-electron chi connectivity index (χ4n) is 2.08. The fraction of sp³-hybridized carbons (Fsp3) is 0.118. The Kier molecular flexibility index (Phi) is 4.39. The second kappa shape index (κ2) is 6.62. The van der Waals surface area contributed by atoms with Gasteiger partial charge in [0, 0.05) is 16.4 Å². The van der Waals surface area contributed by atoms with Gasteiger partial charge in [-0.05, 0) is 55.3 Å². The molecule has 23 heavy (non-hydrogen) atoms. The molecule has 0 saturated carbocycles. The van der Waals surface area contributed by atoms with Crippen molar-refractivity contribution in [3.05, 3.63) is 64.8 Å². The minimum atomic E-state index is 0.404. The second-order valence-electron chi connectivity index (χ2n) is 5.22. The summed E-state index contributed by atoms with van der Waals surface area (Å²) >= 11 is 5.97. The molecule has 6 heteroatoms. The van der Waals surface area contributed by atoms with Crippen LogP contribution in [0.5, 0.6) is 0 Å². The van der Waals surface area contributed by atoms with Crippen molar-refractivity contribution in [2.24, 2.45) is 0 Å². The molecule has 0 unspecified atom stereocenters. The summed E-state index contributed by atoms with van der Waals surface area (Å²) < 4.78 is 0. The zero-order chi connectivity index (χ0) is 16.2. The number of benzene rings is 2. The highest BCUT2D eigenvalue weighted by atomic mass is 35.5. The van der Waals surface area contributed by atoms with Gasteiger partial charge >= 0.3 is 0 Å². The molecule has 1 aromatic heterocycles. The van der Waals surface area contributed by atoms with Crippen LogP contribution in [0.25, 0.3) is 0 Å². The predicted molar refractivity (Wildman–Crippen MR) is 93.8 cm³/mol. The molecule has 0 saturated heterocycles. The summed E-state index contributed by atoms with van der Waals surface area (Å²) in [7, 11) is 0. The topological polar surface area (TPSA) is 62.7 Å². The van der Waals surface area contributed by atoms with Crippen molar-refractivity contribution in [3.8, 4) is 0 Å². The number of nitrogens with zero attached hydrogens (tertiary/aromatic N) is 3. The molecule has 0 spiro atoms. The zero-order valence-electron chi connectivity index (χ0n) is 12.8. The number of halogens is 1. The van der Waals surface area contributed by atoms with Gasteiger partial charge in [-0.3, -0.25) is 0 Å². The molecule has 116 valence electrons. The standard InChI is InChI=1S/C17H16ClN5/c1-11-6-7-15(8-12(11)2)20-16-10-19-23-17(22-16)21-14-5-3-4-13(18)9-14/h3-10H,1-2H3,(H2,20,21,22,23). The van der Waals surface area contributed by atoms with E-state index >= 15 is 0 Å².